The molecule has 0 saturated carbocycles. The number of nitrogens with zero attached hydrogens (tertiary/aromatic N) is 1. The summed E-state index contributed by atoms with van der Waals surface area (Å²) in [7, 11) is 0. The molecule has 0 bridgehead atoms. The largest absolute Gasteiger partial charge is 0.412 e. The standard InChI is InChI=1S/C16H14ClF4N3S2/c17-11-7-14(26-24-15-22-4-5-25-15)12(18)8-13(11)23-10-3-1-2-9(6-10)16(19,20)21/h2,4-5,7-8,10,23H,1,3,6H2,(H,22,24). The van der Waals surface area contributed by atoms with Crippen molar-refractivity contribution in [2.75, 3.05) is 10.0 Å². The Kier molecular flexibility index (Phi) is 5.99. The van der Waals surface area contributed by atoms with E-state index < -0.39 is 23.6 Å². The predicted molar refractivity (Wildman–Crippen MR) is 98.4 cm³/mol. The van der Waals surface area contributed by atoms with Crippen molar-refractivity contribution in [2.24, 2.45) is 0 Å². The van der Waals surface area contributed by atoms with Gasteiger partial charge in [-0.3, -0.25) is 0 Å². The Hall–Kier alpha value is -1.45. The van der Waals surface area contributed by atoms with Crippen LogP contribution in [0.2, 0.25) is 5.02 Å². The quantitative estimate of drug-likeness (QED) is 0.326. The highest BCUT2D eigenvalue weighted by Gasteiger charge is 2.36. The average Bonchev–Trinajstić information content (AvgIpc) is 3.09. The number of anilines is 2. The van der Waals surface area contributed by atoms with Gasteiger partial charge in [-0.2, -0.15) is 13.2 Å². The summed E-state index contributed by atoms with van der Waals surface area (Å²) in [5, 5.41) is 5.60. The number of nitrogens with one attached hydrogen (secondary N) is 2. The SMILES string of the molecule is Fc1cc(NC2CCC=C(C(F)(F)F)C2)c(Cl)cc1SNc1nccs1. The lowest BCUT2D eigenvalue weighted by molar-refractivity contribution is -0.0953. The summed E-state index contributed by atoms with van der Waals surface area (Å²) < 4.78 is 55.8. The van der Waals surface area contributed by atoms with E-state index in [1.807, 2.05) is 0 Å². The van der Waals surface area contributed by atoms with E-state index >= 15 is 0 Å². The molecular formula is C16H14ClF4N3S2. The molecule has 2 N–H and O–H groups in total. The molecule has 1 aliphatic rings. The van der Waals surface area contributed by atoms with Crippen molar-refractivity contribution in [3.63, 3.8) is 0 Å². The number of thiazole rings is 1. The van der Waals surface area contributed by atoms with Gasteiger partial charge < -0.3 is 10.0 Å². The monoisotopic (exact) mass is 423 g/mol. The number of benzene rings is 1. The van der Waals surface area contributed by atoms with Crippen molar-refractivity contribution >= 4 is 45.7 Å². The maximum atomic E-state index is 14.3. The molecular weight excluding hydrogens is 410 g/mol. The number of alkyl halides is 3. The summed E-state index contributed by atoms with van der Waals surface area (Å²) in [6.07, 6.45) is -0.818. The third kappa shape index (κ3) is 4.83. The maximum absolute atomic E-state index is 14.3. The molecule has 3 nitrogen and oxygen atoms in total. The van der Waals surface area contributed by atoms with Gasteiger partial charge in [0.1, 0.15) is 5.82 Å². The van der Waals surface area contributed by atoms with E-state index in [9.17, 15) is 17.6 Å². The average molecular weight is 424 g/mol. The van der Waals surface area contributed by atoms with Crippen LogP contribution in [0.15, 0.2) is 40.3 Å². The number of rotatable bonds is 5. The van der Waals surface area contributed by atoms with Gasteiger partial charge in [-0.25, -0.2) is 9.37 Å². The van der Waals surface area contributed by atoms with Crippen LogP contribution in [0.5, 0.6) is 0 Å². The number of hydrogen-bond donors (Lipinski definition) is 2. The first-order valence-electron chi connectivity index (χ1n) is 7.67. The summed E-state index contributed by atoms with van der Waals surface area (Å²) in [5.41, 5.74) is -0.270. The maximum Gasteiger partial charge on any atom is 0.412 e. The van der Waals surface area contributed by atoms with E-state index in [1.54, 1.807) is 11.6 Å². The molecule has 140 valence electrons. The molecule has 26 heavy (non-hydrogen) atoms. The second-order valence-corrected chi connectivity index (χ2v) is 7.80. The third-order valence-electron chi connectivity index (χ3n) is 3.80. The van der Waals surface area contributed by atoms with Crippen molar-refractivity contribution in [1.82, 2.24) is 4.98 Å². The van der Waals surface area contributed by atoms with E-state index in [-0.39, 0.29) is 22.0 Å². The first-order valence-corrected chi connectivity index (χ1v) is 9.74. The number of aromatic nitrogens is 1. The smallest absolute Gasteiger partial charge is 0.381 e. The number of allylic oxidation sites excluding steroid dienone is 1. The van der Waals surface area contributed by atoms with Gasteiger partial charge in [-0.05, 0) is 43.3 Å². The van der Waals surface area contributed by atoms with Gasteiger partial charge in [0.25, 0.3) is 0 Å². The topological polar surface area (TPSA) is 37.0 Å². The molecule has 0 amide bonds. The molecule has 2 aromatic rings. The molecule has 0 spiro atoms. The second-order valence-electron chi connectivity index (χ2n) is 5.65. The van der Waals surface area contributed by atoms with Crippen LogP contribution in [0.25, 0.3) is 0 Å². The Morgan fingerprint density at radius 3 is 2.81 bits per heavy atom. The van der Waals surface area contributed by atoms with Crippen molar-refractivity contribution in [3.8, 4) is 0 Å². The lowest BCUT2D eigenvalue weighted by Crippen LogP contribution is -2.27. The van der Waals surface area contributed by atoms with Gasteiger partial charge in [0.15, 0.2) is 5.13 Å². The van der Waals surface area contributed by atoms with E-state index in [0.717, 1.165) is 11.9 Å². The minimum Gasteiger partial charge on any atom is -0.381 e. The summed E-state index contributed by atoms with van der Waals surface area (Å²) in [6, 6.07) is 2.20. The van der Waals surface area contributed by atoms with Crippen LogP contribution in [0, 0.1) is 5.82 Å². The Bertz CT molecular complexity index is 794. The molecule has 1 aromatic heterocycles. The fourth-order valence-corrected chi connectivity index (χ4v) is 4.13. The Balaban J connectivity index is 1.67. The molecule has 0 saturated heterocycles. The number of hydrogen-bond acceptors (Lipinski definition) is 5. The van der Waals surface area contributed by atoms with Gasteiger partial charge in [-0.1, -0.05) is 17.7 Å². The Morgan fingerprint density at radius 1 is 1.31 bits per heavy atom. The van der Waals surface area contributed by atoms with Crippen LogP contribution in [0.3, 0.4) is 0 Å². The Morgan fingerprint density at radius 2 is 2.12 bits per heavy atom. The molecule has 0 aliphatic heterocycles. The van der Waals surface area contributed by atoms with Crippen LogP contribution in [-0.4, -0.2) is 17.2 Å². The fraction of sp³-hybridized carbons (Fsp3) is 0.312. The van der Waals surface area contributed by atoms with Crippen molar-refractivity contribution < 1.29 is 17.6 Å². The zero-order valence-corrected chi connectivity index (χ0v) is 15.6. The Labute approximate surface area is 161 Å². The molecule has 3 rings (SSSR count). The van der Waals surface area contributed by atoms with Crippen LogP contribution < -0.4 is 10.0 Å². The van der Waals surface area contributed by atoms with Gasteiger partial charge in [0.05, 0.1) is 15.6 Å². The number of halogens is 5. The fourth-order valence-electron chi connectivity index (χ4n) is 2.57. The summed E-state index contributed by atoms with van der Waals surface area (Å²) >= 11 is 8.59. The lowest BCUT2D eigenvalue weighted by Gasteiger charge is -2.26. The molecule has 1 aromatic carbocycles. The van der Waals surface area contributed by atoms with Crippen molar-refractivity contribution in [2.45, 2.75) is 36.4 Å². The van der Waals surface area contributed by atoms with Gasteiger partial charge in [0, 0.05) is 23.2 Å². The predicted octanol–water partition coefficient (Wildman–Crippen LogP) is 6.51. The van der Waals surface area contributed by atoms with Crippen LogP contribution >= 0.6 is 34.9 Å². The van der Waals surface area contributed by atoms with Crippen molar-refractivity contribution in [3.05, 3.63) is 46.2 Å². The minimum atomic E-state index is -4.34. The highest BCUT2D eigenvalue weighted by molar-refractivity contribution is 8.00. The highest BCUT2D eigenvalue weighted by Crippen LogP contribution is 2.36. The first-order chi connectivity index (χ1) is 12.3. The molecule has 1 unspecified atom stereocenters. The van der Waals surface area contributed by atoms with Gasteiger partial charge >= 0.3 is 6.18 Å². The van der Waals surface area contributed by atoms with E-state index in [2.05, 4.69) is 15.0 Å². The minimum absolute atomic E-state index is 0.163. The zero-order chi connectivity index (χ0) is 18.7. The van der Waals surface area contributed by atoms with E-state index in [4.69, 9.17) is 11.6 Å². The first kappa shape index (κ1) is 19.3. The normalized spacial score (nSPS) is 17.7. The summed E-state index contributed by atoms with van der Waals surface area (Å²) in [6.45, 7) is 0. The summed E-state index contributed by atoms with van der Waals surface area (Å²) in [5.74, 6) is -0.520. The van der Waals surface area contributed by atoms with Crippen LogP contribution in [-0.2, 0) is 0 Å². The highest BCUT2D eigenvalue weighted by atomic mass is 35.5. The molecule has 10 heteroatoms. The summed E-state index contributed by atoms with van der Waals surface area (Å²) in [4.78, 5) is 4.30. The molecule has 1 heterocycles. The third-order valence-corrected chi connectivity index (χ3v) is 5.76. The van der Waals surface area contributed by atoms with Gasteiger partial charge in [-0.15, -0.1) is 11.3 Å². The molecule has 0 fully saturated rings. The van der Waals surface area contributed by atoms with Crippen LogP contribution in [0.4, 0.5) is 28.4 Å². The van der Waals surface area contributed by atoms with Crippen molar-refractivity contribution in [1.29, 1.82) is 0 Å². The molecule has 0 radical (unpaired) electrons. The van der Waals surface area contributed by atoms with Gasteiger partial charge in [0.2, 0.25) is 0 Å². The van der Waals surface area contributed by atoms with Crippen LogP contribution in [0.1, 0.15) is 19.3 Å². The molecule has 1 aliphatic carbocycles. The van der Waals surface area contributed by atoms with E-state index in [0.29, 0.717) is 18.0 Å². The van der Waals surface area contributed by atoms with E-state index in [1.165, 1.54) is 29.5 Å². The zero-order valence-electron chi connectivity index (χ0n) is 13.2. The molecule has 1 atom stereocenters. The lowest BCUT2D eigenvalue weighted by atomic mass is 9.94. The second kappa shape index (κ2) is 8.06.